The normalized spacial score (nSPS) is 10.8. The minimum atomic E-state index is -4.67. The Morgan fingerprint density at radius 2 is 1.18 bits per heavy atom. The first kappa shape index (κ1) is 27.6. The Kier molecular flexibility index (Phi) is 16.1. The van der Waals surface area contributed by atoms with E-state index in [1.54, 1.807) is 0 Å². The standard InChI is InChI=1S/C22H32.Na.H2O4S.H/c1-2-3-4-5-6-7-8-9-10-11-15-20-17-14-18-21-16-12-13-19-22(20)21;;1-5(2,3)4;/h12-14,16-19H,2-11,15H2,1H3;;(H2,1,2,3,4);. The van der Waals surface area contributed by atoms with Gasteiger partial charge in [-0.15, -0.1) is 0 Å². The fraction of sp³-hybridized carbons (Fsp3) is 0.545. The number of fused-ring (bicyclic) bond motifs is 1. The number of unbranched alkanes of at least 4 members (excludes halogenated alkanes) is 9. The van der Waals surface area contributed by atoms with E-state index < -0.39 is 10.4 Å². The first-order valence-corrected chi connectivity index (χ1v) is 11.5. The van der Waals surface area contributed by atoms with E-state index in [0.717, 1.165) is 0 Å². The Bertz CT molecular complexity index is 734. The molecule has 0 saturated carbocycles. The molecule has 2 N–H and O–H groups in total. The van der Waals surface area contributed by atoms with Crippen molar-refractivity contribution in [3.63, 3.8) is 0 Å². The van der Waals surface area contributed by atoms with Gasteiger partial charge in [0.15, 0.2) is 0 Å². The molecular weight excluding hydrogens is 383 g/mol. The molecule has 0 radical (unpaired) electrons. The SMILES string of the molecule is CCCCCCCCCCCCc1cccc2ccccc12.O=S(=O)(O)O.[NaH]. The quantitative estimate of drug-likeness (QED) is 0.266. The van der Waals surface area contributed by atoms with E-state index in [0.29, 0.717) is 0 Å². The van der Waals surface area contributed by atoms with Crippen LogP contribution in [0.3, 0.4) is 0 Å². The van der Waals surface area contributed by atoms with Crippen LogP contribution in [0.2, 0.25) is 0 Å². The predicted octanol–water partition coefficient (Wildman–Crippen LogP) is 6.00. The summed E-state index contributed by atoms with van der Waals surface area (Å²) in [6.45, 7) is 2.29. The van der Waals surface area contributed by atoms with Crippen LogP contribution in [0.1, 0.15) is 76.7 Å². The second-order valence-corrected chi connectivity index (χ2v) is 7.91. The number of hydrogen-bond donors (Lipinski definition) is 2. The summed E-state index contributed by atoms with van der Waals surface area (Å²) in [7, 11) is -4.67. The van der Waals surface area contributed by atoms with Crippen LogP contribution in [0.4, 0.5) is 0 Å². The van der Waals surface area contributed by atoms with Gasteiger partial charge >= 0.3 is 40.0 Å². The second kappa shape index (κ2) is 16.4. The zero-order chi connectivity index (χ0) is 20.0. The van der Waals surface area contributed by atoms with Gasteiger partial charge in [0, 0.05) is 0 Å². The number of rotatable bonds is 11. The molecule has 0 fully saturated rings. The van der Waals surface area contributed by atoms with Gasteiger partial charge in [-0.05, 0) is 29.2 Å². The van der Waals surface area contributed by atoms with E-state index in [1.807, 2.05) is 0 Å². The average Bonchev–Trinajstić information content (AvgIpc) is 2.62. The van der Waals surface area contributed by atoms with E-state index in [1.165, 1.54) is 87.0 Å². The molecule has 0 heterocycles. The third-order valence-corrected chi connectivity index (χ3v) is 4.68. The monoisotopic (exact) mass is 418 g/mol. The molecule has 2 aromatic carbocycles. The molecule has 4 nitrogen and oxygen atoms in total. The van der Waals surface area contributed by atoms with Gasteiger partial charge in [0.2, 0.25) is 0 Å². The van der Waals surface area contributed by atoms with Gasteiger partial charge in [0.1, 0.15) is 0 Å². The molecule has 0 unspecified atom stereocenters. The summed E-state index contributed by atoms with van der Waals surface area (Å²) in [5.74, 6) is 0. The van der Waals surface area contributed by atoms with Crippen molar-refractivity contribution in [1.29, 1.82) is 0 Å². The summed E-state index contributed by atoms with van der Waals surface area (Å²) in [5.41, 5.74) is 1.53. The number of benzene rings is 2. The molecule has 2 rings (SSSR count). The van der Waals surface area contributed by atoms with Crippen molar-refractivity contribution < 1.29 is 17.5 Å². The van der Waals surface area contributed by atoms with E-state index >= 15 is 0 Å². The van der Waals surface area contributed by atoms with E-state index in [-0.39, 0.29) is 29.6 Å². The molecule has 0 aliphatic carbocycles. The van der Waals surface area contributed by atoms with E-state index in [4.69, 9.17) is 17.5 Å². The maximum atomic E-state index is 8.74. The molecule has 0 amide bonds. The van der Waals surface area contributed by atoms with Crippen LogP contribution in [0.15, 0.2) is 42.5 Å². The van der Waals surface area contributed by atoms with E-state index in [9.17, 15) is 0 Å². The topological polar surface area (TPSA) is 74.6 Å². The van der Waals surface area contributed by atoms with Gasteiger partial charge in [0.05, 0.1) is 0 Å². The van der Waals surface area contributed by atoms with Gasteiger partial charge in [-0.25, -0.2) is 0 Å². The van der Waals surface area contributed by atoms with Crippen LogP contribution >= 0.6 is 0 Å². The summed E-state index contributed by atoms with van der Waals surface area (Å²) in [6, 6.07) is 15.5. The van der Waals surface area contributed by atoms with Gasteiger partial charge < -0.3 is 0 Å². The molecule has 6 heteroatoms. The van der Waals surface area contributed by atoms with E-state index in [2.05, 4.69) is 49.4 Å². The van der Waals surface area contributed by atoms with Gasteiger partial charge in [0.25, 0.3) is 0 Å². The summed E-state index contributed by atoms with van der Waals surface area (Å²) >= 11 is 0. The summed E-state index contributed by atoms with van der Waals surface area (Å²) < 4.78 is 31.6. The molecule has 0 aliphatic rings. The van der Waals surface area contributed by atoms with Crippen molar-refractivity contribution in [3.8, 4) is 0 Å². The molecule has 0 bridgehead atoms. The molecule has 0 aromatic heterocycles. The molecule has 2 aromatic rings. The maximum absolute atomic E-state index is 8.74. The Labute approximate surface area is 193 Å². The number of aryl methyl sites for hydroxylation is 1. The summed E-state index contributed by atoms with van der Waals surface area (Å²) in [5, 5.41) is 2.83. The van der Waals surface area contributed by atoms with Crippen LogP contribution in [0.25, 0.3) is 10.8 Å². The van der Waals surface area contributed by atoms with Gasteiger partial charge in [-0.1, -0.05) is 107 Å². The fourth-order valence-electron chi connectivity index (χ4n) is 3.31. The number of hydrogen-bond acceptors (Lipinski definition) is 2. The Morgan fingerprint density at radius 1 is 0.714 bits per heavy atom. The third kappa shape index (κ3) is 14.6. The van der Waals surface area contributed by atoms with Crippen LogP contribution in [-0.2, 0) is 16.8 Å². The molecule has 0 aliphatic heterocycles. The van der Waals surface area contributed by atoms with Crippen LogP contribution < -0.4 is 0 Å². The zero-order valence-corrected chi connectivity index (χ0v) is 17.3. The van der Waals surface area contributed by atoms with Crippen LogP contribution in [-0.4, -0.2) is 47.1 Å². The predicted molar refractivity (Wildman–Crippen MR) is 121 cm³/mol. The second-order valence-electron chi connectivity index (χ2n) is 7.02. The molecule has 0 saturated heterocycles. The first-order chi connectivity index (χ1) is 12.9. The van der Waals surface area contributed by atoms with Gasteiger partial charge in [-0.2, -0.15) is 8.42 Å². The Hall–Kier alpha value is -0.430. The van der Waals surface area contributed by atoms with Crippen molar-refractivity contribution in [2.24, 2.45) is 0 Å². The fourth-order valence-corrected chi connectivity index (χ4v) is 3.31. The summed E-state index contributed by atoms with van der Waals surface area (Å²) in [6.07, 6.45) is 15.4. The zero-order valence-electron chi connectivity index (χ0n) is 16.4. The molecular formula is C22H35NaO4S. The summed E-state index contributed by atoms with van der Waals surface area (Å²) in [4.78, 5) is 0. The minimum absolute atomic E-state index is 0. The van der Waals surface area contributed by atoms with Crippen molar-refractivity contribution in [1.82, 2.24) is 0 Å². The third-order valence-electron chi connectivity index (χ3n) is 4.68. The molecule has 28 heavy (non-hydrogen) atoms. The Balaban J connectivity index is 0.00000108. The Morgan fingerprint density at radius 3 is 1.75 bits per heavy atom. The van der Waals surface area contributed by atoms with Crippen molar-refractivity contribution in [3.05, 3.63) is 48.0 Å². The molecule has 0 spiro atoms. The van der Waals surface area contributed by atoms with Crippen LogP contribution in [0, 0.1) is 0 Å². The first-order valence-electron chi connectivity index (χ1n) is 10.1. The van der Waals surface area contributed by atoms with Crippen molar-refractivity contribution in [2.75, 3.05) is 0 Å². The average molecular weight is 419 g/mol. The molecule has 154 valence electrons. The molecule has 0 atom stereocenters. The van der Waals surface area contributed by atoms with Gasteiger partial charge in [-0.3, -0.25) is 9.11 Å². The van der Waals surface area contributed by atoms with Crippen molar-refractivity contribution in [2.45, 2.75) is 77.6 Å². The van der Waals surface area contributed by atoms with Crippen LogP contribution in [0.5, 0.6) is 0 Å². The van der Waals surface area contributed by atoms with Crippen molar-refractivity contribution >= 4 is 50.7 Å².